The van der Waals surface area contributed by atoms with E-state index in [1.165, 1.54) is 5.39 Å². The van der Waals surface area contributed by atoms with Crippen LogP contribution >= 0.6 is 0 Å². The molecule has 0 saturated carbocycles. The normalized spacial score (nSPS) is 10.6. The van der Waals surface area contributed by atoms with E-state index >= 15 is 0 Å². The summed E-state index contributed by atoms with van der Waals surface area (Å²) >= 11 is 0. The van der Waals surface area contributed by atoms with Crippen molar-refractivity contribution in [1.29, 1.82) is 0 Å². The Labute approximate surface area is 93.7 Å². The van der Waals surface area contributed by atoms with Crippen LogP contribution in [0.25, 0.3) is 10.8 Å². The summed E-state index contributed by atoms with van der Waals surface area (Å²) in [6.45, 7) is 0. The molecule has 0 radical (unpaired) electrons. The van der Waals surface area contributed by atoms with Crippen LogP contribution in [0.4, 0.5) is 5.69 Å². The van der Waals surface area contributed by atoms with Crippen LogP contribution in [0.15, 0.2) is 36.7 Å². The van der Waals surface area contributed by atoms with Gasteiger partial charge in [0.1, 0.15) is 0 Å². The number of nitrogens with zero attached hydrogens (tertiary/aromatic N) is 1. The van der Waals surface area contributed by atoms with Gasteiger partial charge in [-0.2, -0.15) is 8.42 Å². The Bertz CT molecular complexity index is 573. The average Bonchev–Trinajstić information content (AvgIpc) is 2.15. The molecule has 1 aromatic carbocycles. The molecule has 0 aliphatic heterocycles. The Morgan fingerprint density at radius 2 is 1.88 bits per heavy atom. The molecule has 0 fully saturated rings. The lowest BCUT2D eigenvalue weighted by molar-refractivity contribution is 0.490. The minimum atomic E-state index is -3.67. The molecule has 2 aromatic rings. The number of fused-ring (bicyclic) bond motifs is 1. The van der Waals surface area contributed by atoms with Crippen molar-refractivity contribution in [3.05, 3.63) is 36.7 Å². The third-order valence-corrected chi connectivity index (χ3v) is 1.66. The minimum Gasteiger partial charge on any atom is -0.399 e. The van der Waals surface area contributed by atoms with Gasteiger partial charge in [-0.25, -0.2) is 0 Å². The second-order valence-electron chi connectivity index (χ2n) is 3.22. The SMILES string of the molecule is CS(=O)(=O)O.Nc1ccc2ccncc2c1. The number of aromatic nitrogens is 1. The number of nitrogens with two attached hydrogens (primary N) is 1. The van der Waals surface area contributed by atoms with Gasteiger partial charge >= 0.3 is 0 Å². The Morgan fingerprint density at radius 3 is 2.50 bits per heavy atom. The molecular weight excluding hydrogens is 228 g/mol. The predicted octanol–water partition coefficient (Wildman–Crippen LogP) is 1.32. The second-order valence-corrected chi connectivity index (χ2v) is 4.68. The van der Waals surface area contributed by atoms with Gasteiger partial charge in [0.15, 0.2) is 0 Å². The van der Waals surface area contributed by atoms with Crippen LogP contribution in [-0.4, -0.2) is 24.2 Å². The smallest absolute Gasteiger partial charge is 0.261 e. The van der Waals surface area contributed by atoms with E-state index in [2.05, 4.69) is 4.98 Å². The molecule has 16 heavy (non-hydrogen) atoms. The lowest BCUT2D eigenvalue weighted by Crippen LogP contribution is -1.88. The molecule has 2 rings (SSSR count). The predicted molar refractivity (Wildman–Crippen MR) is 63.6 cm³/mol. The van der Waals surface area contributed by atoms with Gasteiger partial charge in [0.25, 0.3) is 10.1 Å². The van der Waals surface area contributed by atoms with Gasteiger partial charge in [-0.05, 0) is 23.6 Å². The van der Waals surface area contributed by atoms with Crippen molar-refractivity contribution in [3.8, 4) is 0 Å². The maximum Gasteiger partial charge on any atom is 0.261 e. The summed E-state index contributed by atoms with van der Waals surface area (Å²) in [4.78, 5) is 4.00. The van der Waals surface area contributed by atoms with E-state index < -0.39 is 10.1 Å². The maximum absolute atomic E-state index is 9.19. The Balaban J connectivity index is 0.000000221. The molecule has 0 aliphatic rings. The van der Waals surface area contributed by atoms with Gasteiger partial charge in [-0.1, -0.05) is 6.07 Å². The summed E-state index contributed by atoms with van der Waals surface area (Å²) in [6.07, 6.45) is 4.30. The van der Waals surface area contributed by atoms with Gasteiger partial charge in [-0.15, -0.1) is 0 Å². The number of hydrogen-bond donors (Lipinski definition) is 2. The van der Waals surface area contributed by atoms with Crippen molar-refractivity contribution in [2.24, 2.45) is 0 Å². The first-order valence-corrected chi connectivity index (χ1v) is 6.23. The van der Waals surface area contributed by atoms with E-state index in [-0.39, 0.29) is 0 Å². The van der Waals surface area contributed by atoms with Crippen LogP contribution in [0.1, 0.15) is 0 Å². The molecule has 6 heteroatoms. The van der Waals surface area contributed by atoms with Gasteiger partial charge in [0.05, 0.1) is 6.26 Å². The van der Waals surface area contributed by atoms with Crippen LogP contribution in [0.2, 0.25) is 0 Å². The van der Waals surface area contributed by atoms with Gasteiger partial charge < -0.3 is 5.73 Å². The summed E-state index contributed by atoms with van der Waals surface area (Å²) < 4.78 is 25.9. The van der Waals surface area contributed by atoms with Crippen LogP contribution in [0.5, 0.6) is 0 Å². The van der Waals surface area contributed by atoms with E-state index in [0.717, 1.165) is 11.1 Å². The number of rotatable bonds is 0. The molecular formula is C10H12N2O3S. The van der Waals surface area contributed by atoms with E-state index in [4.69, 9.17) is 10.3 Å². The minimum absolute atomic E-state index is 0.715. The zero-order valence-corrected chi connectivity index (χ0v) is 9.48. The van der Waals surface area contributed by atoms with Crippen LogP contribution in [0, 0.1) is 0 Å². The first-order chi connectivity index (χ1) is 7.36. The maximum atomic E-state index is 9.19. The summed E-state index contributed by atoms with van der Waals surface area (Å²) in [6, 6.07) is 7.77. The molecule has 3 N–H and O–H groups in total. The van der Waals surface area contributed by atoms with Crippen molar-refractivity contribution < 1.29 is 13.0 Å². The third-order valence-electron chi connectivity index (χ3n) is 1.66. The van der Waals surface area contributed by atoms with Crippen LogP contribution in [-0.2, 0) is 10.1 Å². The van der Waals surface area contributed by atoms with Crippen molar-refractivity contribution in [2.75, 3.05) is 12.0 Å². The molecule has 0 amide bonds. The third kappa shape index (κ3) is 4.72. The van der Waals surface area contributed by atoms with Gasteiger partial charge in [0, 0.05) is 23.5 Å². The summed E-state index contributed by atoms with van der Waals surface area (Å²) in [5.41, 5.74) is 6.38. The summed E-state index contributed by atoms with van der Waals surface area (Å²) in [5.74, 6) is 0. The molecule has 0 bridgehead atoms. The van der Waals surface area contributed by atoms with Gasteiger partial charge in [0.2, 0.25) is 0 Å². The molecule has 1 aromatic heterocycles. The monoisotopic (exact) mass is 240 g/mol. The lowest BCUT2D eigenvalue weighted by atomic mass is 10.2. The van der Waals surface area contributed by atoms with E-state index in [9.17, 15) is 8.42 Å². The summed E-state index contributed by atoms with van der Waals surface area (Å²) in [7, 11) is -3.67. The topological polar surface area (TPSA) is 93.3 Å². The first-order valence-electron chi connectivity index (χ1n) is 4.38. The number of pyridine rings is 1. The fourth-order valence-electron chi connectivity index (χ4n) is 1.10. The highest BCUT2D eigenvalue weighted by Crippen LogP contribution is 2.14. The molecule has 86 valence electrons. The van der Waals surface area contributed by atoms with E-state index in [1.54, 1.807) is 6.20 Å². The van der Waals surface area contributed by atoms with Crippen molar-refractivity contribution >= 4 is 26.6 Å². The Hall–Kier alpha value is -1.66. The first kappa shape index (κ1) is 12.4. The number of nitrogen functional groups attached to an aromatic ring is 1. The fraction of sp³-hybridized carbons (Fsp3) is 0.100. The summed E-state index contributed by atoms with van der Waals surface area (Å²) in [5, 5.41) is 2.27. The quantitative estimate of drug-likeness (QED) is 0.535. The number of anilines is 1. The number of benzene rings is 1. The number of hydrogen-bond acceptors (Lipinski definition) is 4. The molecule has 0 spiro atoms. The van der Waals surface area contributed by atoms with Crippen LogP contribution in [0.3, 0.4) is 0 Å². The van der Waals surface area contributed by atoms with E-state index in [1.807, 2.05) is 30.5 Å². The van der Waals surface area contributed by atoms with Gasteiger partial charge in [-0.3, -0.25) is 9.54 Å². The zero-order valence-electron chi connectivity index (χ0n) is 8.66. The lowest BCUT2D eigenvalue weighted by Gasteiger charge is -1.96. The fourth-order valence-corrected chi connectivity index (χ4v) is 1.10. The standard InChI is InChI=1S/C9H8N2.CH4O3S/c10-9-2-1-7-3-4-11-6-8(7)5-9;1-5(2,3)4/h1-6H,10H2;1H3,(H,2,3,4). The highest BCUT2D eigenvalue weighted by molar-refractivity contribution is 7.85. The van der Waals surface area contributed by atoms with E-state index in [0.29, 0.717) is 6.26 Å². The highest BCUT2D eigenvalue weighted by Gasteiger charge is 1.90. The largest absolute Gasteiger partial charge is 0.399 e. The molecule has 0 aliphatic carbocycles. The average molecular weight is 240 g/mol. The molecule has 0 atom stereocenters. The molecule has 0 saturated heterocycles. The molecule has 5 nitrogen and oxygen atoms in total. The Morgan fingerprint density at radius 1 is 1.25 bits per heavy atom. The second kappa shape index (κ2) is 4.91. The van der Waals surface area contributed by atoms with Crippen LogP contribution < -0.4 is 5.73 Å². The van der Waals surface area contributed by atoms with Crippen molar-refractivity contribution in [1.82, 2.24) is 4.98 Å². The van der Waals surface area contributed by atoms with Crippen molar-refractivity contribution in [3.63, 3.8) is 0 Å². The van der Waals surface area contributed by atoms with Crippen molar-refractivity contribution in [2.45, 2.75) is 0 Å². The zero-order chi connectivity index (χ0) is 12.2. The Kier molecular flexibility index (Phi) is 3.81. The molecule has 0 unspecified atom stereocenters. The highest BCUT2D eigenvalue weighted by atomic mass is 32.2. The molecule has 1 heterocycles.